The van der Waals surface area contributed by atoms with Crippen molar-refractivity contribution in [3.05, 3.63) is 78.5 Å². The monoisotopic (exact) mass is 381 g/mol. The average Bonchev–Trinajstić information content (AvgIpc) is 3.15. The molecule has 3 heterocycles. The van der Waals surface area contributed by atoms with E-state index in [4.69, 9.17) is 10.3 Å². The Morgan fingerprint density at radius 1 is 0.931 bits per heavy atom. The Kier molecular flexibility index (Phi) is 3.91. The highest BCUT2D eigenvalue weighted by atomic mass is 16.5. The maximum Gasteiger partial charge on any atom is 0.263 e. The number of para-hydroxylation sites is 2. The molecule has 0 aliphatic carbocycles. The van der Waals surface area contributed by atoms with Gasteiger partial charge in [-0.1, -0.05) is 47.6 Å². The molecule has 0 unspecified atom stereocenters. The number of pyridine rings is 2. The number of hydrogen-bond donors (Lipinski definition) is 2. The molecule has 5 rings (SSSR count). The number of carbonyl (C=O) groups excluding carboxylic acids is 1. The number of rotatable bonds is 3. The van der Waals surface area contributed by atoms with Gasteiger partial charge in [0.05, 0.1) is 22.4 Å². The van der Waals surface area contributed by atoms with Crippen molar-refractivity contribution < 1.29 is 9.32 Å². The zero-order valence-electron chi connectivity index (χ0n) is 15.2. The predicted octanol–water partition coefficient (Wildman–Crippen LogP) is 4.27. The number of anilines is 2. The first-order chi connectivity index (χ1) is 14.2. The quantitative estimate of drug-likeness (QED) is 0.483. The number of nitrogens with one attached hydrogen (secondary N) is 1. The van der Waals surface area contributed by atoms with Crippen molar-refractivity contribution >= 4 is 39.3 Å². The van der Waals surface area contributed by atoms with E-state index >= 15 is 0 Å². The minimum Gasteiger partial charge on any atom is -0.367 e. The highest BCUT2D eigenvalue weighted by Crippen LogP contribution is 2.29. The summed E-state index contributed by atoms with van der Waals surface area (Å²) in [4.78, 5) is 22.0. The summed E-state index contributed by atoms with van der Waals surface area (Å²) in [6, 6.07) is 20.7. The van der Waals surface area contributed by atoms with Gasteiger partial charge in [0.2, 0.25) is 5.88 Å². The van der Waals surface area contributed by atoms with Crippen molar-refractivity contribution in [2.75, 3.05) is 11.1 Å². The van der Waals surface area contributed by atoms with Crippen molar-refractivity contribution in [2.24, 2.45) is 0 Å². The minimum absolute atomic E-state index is 0.0688. The van der Waals surface area contributed by atoms with E-state index in [1.54, 1.807) is 18.3 Å². The fourth-order valence-corrected chi connectivity index (χ4v) is 3.28. The molecule has 7 heteroatoms. The lowest BCUT2D eigenvalue weighted by atomic mass is 10.1. The van der Waals surface area contributed by atoms with Gasteiger partial charge in [0, 0.05) is 17.0 Å². The number of hydrogen-bond acceptors (Lipinski definition) is 6. The first-order valence-corrected chi connectivity index (χ1v) is 8.97. The van der Waals surface area contributed by atoms with Crippen LogP contribution in [-0.2, 0) is 0 Å². The van der Waals surface area contributed by atoms with Crippen LogP contribution >= 0.6 is 0 Å². The van der Waals surface area contributed by atoms with Gasteiger partial charge in [-0.25, -0.2) is 4.98 Å². The van der Waals surface area contributed by atoms with Crippen LogP contribution in [0, 0.1) is 0 Å². The predicted molar refractivity (Wildman–Crippen MR) is 111 cm³/mol. The summed E-state index contributed by atoms with van der Waals surface area (Å²) in [7, 11) is 0. The number of carbonyl (C=O) groups is 1. The van der Waals surface area contributed by atoms with Crippen LogP contribution < -0.4 is 11.1 Å². The van der Waals surface area contributed by atoms with Crippen LogP contribution in [0.5, 0.6) is 0 Å². The van der Waals surface area contributed by atoms with Crippen LogP contribution in [-0.4, -0.2) is 21.0 Å². The van der Waals surface area contributed by atoms with Crippen LogP contribution in [0.1, 0.15) is 10.4 Å². The molecule has 0 bridgehead atoms. The van der Waals surface area contributed by atoms with Crippen molar-refractivity contribution in [1.29, 1.82) is 0 Å². The zero-order valence-corrected chi connectivity index (χ0v) is 15.2. The first kappa shape index (κ1) is 16.9. The molecule has 140 valence electrons. The van der Waals surface area contributed by atoms with E-state index in [1.807, 2.05) is 54.6 Å². The van der Waals surface area contributed by atoms with Crippen LogP contribution in [0.3, 0.4) is 0 Å². The highest BCUT2D eigenvalue weighted by molar-refractivity contribution is 6.13. The number of nitrogens with two attached hydrogens (primary N) is 1. The van der Waals surface area contributed by atoms with E-state index in [0.717, 1.165) is 16.3 Å². The normalized spacial score (nSPS) is 11.0. The Morgan fingerprint density at radius 2 is 1.76 bits per heavy atom. The van der Waals surface area contributed by atoms with Crippen LogP contribution in [0.25, 0.3) is 33.2 Å². The van der Waals surface area contributed by atoms with Crippen LogP contribution in [0.15, 0.2) is 77.4 Å². The number of aromatic nitrogens is 3. The standard InChI is InChI=1S/C22H15N5O2/c23-21-18(22(28)26-16-9-3-6-14-7-4-12-24-19(14)16)20(27-29-21)17-11-10-13-5-1-2-8-15(13)25-17/h1-12H,23H2,(H,26,28). The van der Waals surface area contributed by atoms with Crippen molar-refractivity contribution in [3.63, 3.8) is 0 Å². The Balaban J connectivity index is 1.56. The Labute approximate surface area is 165 Å². The fraction of sp³-hybridized carbons (Fsp3) is 0. The summed E-state index contributed by atoms with van der Waals surface area (Å²) in [6.45, 7) is 0. The molecule has 3 N–H and O–H groups in total. The molecule has 3 aromatic heterocycles. The van der Waals surface area contributed by atoms with Gasteiger partial charge in [-0.05, 0) is 24.3 Å². The third kappa shape index (κ3) is 2.94. The molecule has 1 amide bonds. The van der Waals surface area contributed by atoms with E-state index in [-0.39, 0.29) is 11.4 Å². The van der Waals surface area contributed by atoms with Gasteiger partial charge in [-0.3, -0.25) is 9.78 Å². The van der Waals surface area contributed by atoms with Crippen molar-refractivity contribution in [3.8, 4) is 11.4 Å². The third-order valence-corrected chi connectivity index (χ3v) is 4.67. The molecule has 0 saturated heterocycles. The van der Waals surface area contributed by atoms with E-state index < -0.39 is 5.91 Å². The Hall–Kier alpha value is -4.26. The molecule has 5 aromatic rings. The molecular weight excluding hydrogens is 366 g/mol. The number of nitrogens with zero attached hydrogens (tertiary/aromatic N) is 3. The number of nitrogen functional groups attached to an aromatic ring is 1. The molecule has 0 saturated carbocycles. The smallest absolute Gasteiger partial charge is 0.263 e. The lowest BCUT2D eigenvalue weighted by Crippen LogP contribution is -2.14. The molecule has 0 aliphatic heterocycles. The summed E-state index contributed by atoms with van der Waals surface area (Å²) in [5.41, 5.74) is 8.91. The van der Waals surface area contributed by atoms with Crippen molar-refractivity contribution in [2.45, 2.75) is 0 Å². The molecular formula is C22H15N5O2. The Bertz CT molecular complexity index is 1370. The van der Waals surface area contributed by atoms with Gasteiger partial charge >= 0.3 is 0 Å². The molecule has 0 fully saturated rings. The van der Waals surface area contributed by atoms with Gasteiger partial charge in [0.15, 0.2) is 0 Å². The maximum atomic E-state index is 13.1. The number of amides is 1. The second-order valence-electron chi connectivity index (χ2n) is 6.49. The van der Waals surface area contributed by atoms with Gasteiger partial charge in [0.25, 0.3) is 5.91 Å². The highest BCUT2D eigenvalue weighted by Gasteiger charge is 2.24. The largest absolute Gasteiger partial charge is 0.367 e. The van der Waals surface area contributed by atoms with Gasteiger partial charge < -0.3 is 15.6 Å². The van der Waals surface area contributed by atoms with E-state index in [1.165, 1.54) is 0 Å². The summed E-state index contributed by atoms with van der Waals surface area (Å²) in [6.07, 6.45) is 1.68. The summed E-state index contributed by atoms with van der Waals surface area (Å²) in [5, 5.41) is 8.75. The lowest BCUT2D eigenvalue weighted by molar-refractivity contribution is 0.102. The summed E-state index contributed by atoms with van der Waals surface area (Å²) in [5.74, 6) is -0.507. The van der Waals surface area contributed by atoms with E-state index in [2.05, 4.69) is 20.4 Å². The maximum absolute atomic E-state index is 13.1. The third-order valence-electron chi connectivity index (χ3n) is 4.67. The minimum atomic E-state index is -0.438. The molecule has 29 heavy (non-hydrogen) atoms. The Morgan fingerprint density at radius 3 is 2.69 bits per heavy atom. The van der Waals surface area contributed by atoms with E-state index in [9.17, 15) is 4.79 Å². The number of benzene rings is 2. The second-order valence-corrected chi connectivity index (χ2v) is 6.49. The number of fused-ring (bicyclic) bond motifs is 2. The SMILES string of the molecule is Nc1onc(-c2ccc3ccccc3n2)c1C(=O)Nc1cccc2cccnc12. The second kappa shape index (κ2) is 6.72. The van der Waals surface area contributed by atoms with Gasteiger partial charge in [-0.2, -0.15) is 0 Å². The molecule has 7 nitrogen and oxygen atoms in total. The average molecular weight is 381 g/mol. The van der Waals surface area contributed by atoms with Crippen LogP contribution in [0.2, 0.25) is 0 Å². The molecule has 0 spiro atoms. The first-order valence-electron chi connectivity index (χ1n) is 8.97. The summed E-state index contributed by atoms with van der Waals surface area (Å²) >= 11 is 0. The molecule has 0 radical (unpaired) electrons. The summed E-state index contributed by atoms with van der Waals surface area (Å²) < 4.78 is 5.12. The van der Waals surface area contributed by atoms with Gasteiger partial charge in [-0.15, -0.1) is 0 Å². The van der Waals surface area contributed by atoms with Crippen LogP contribution in [0.4, 0.5) is 11.6 Å². The molecule has 2 aromatic carbocycles. The lowest BCUT2D eigenvalue weighted by Gasteiger charge is -2.08. The van der Waals surface area contributed by atoms with Crippen molar-refractivity contribution in [1.82, 2.24) is 15.1 Å². The zero-order chi connectivity index (χ0) is 19.8. The fourth-order valence-electron chi connectivity index (χ4n) is 3.28. The molecule has 0 aliphatic rings. The molecule has 0 atom stereocenters. The topological polar surface area (TPSA) is 107 Å². The van der Waals surface area contributed by atoms with Gasteiger partial charge in [0.1, 0.15) is 11.3 Å². The van der Waals surface area contributed by atoms with E-state index in [0.29, 0.717) is 22.6 Å².